The predicted octanol–water partition coefficient (Wildman–Crippen LogP) is 5.44. The lowest BCUT2D eigenvalue weighted by Gasteiger charge is -2.26. The second kappa shape index (κ2) is 7.48. The van der Waals surface area contributed by atoms with Crippen LogP contribution in [0.2, 0.25) is 5.02 Å². The summed E-state index contributed by atoms with van der Waals surface area (Å²) in [6, 6.07) is 8.78. The number of ether oxygens (including phenoxy) is 2. The van der Waals surface area contributed by atoms with Gasteiger partial charge >= 0.3 is 0 Å². The first-order valence-corrected chi connectivity index (χ1v) is 9.45. The van der Waals surface area contributed by atoms with Crippen LogP contribution in [0.15, 0.2) is 36.5 Å². The highest BCUT2D eigenvalue weighted by molar-refractivity contribution is 6.31. The minimum Gasteiger partial charge on any atom is -0.378 e. The van der Waals surface area contributed by atoms with Crippen molar-refractivity contribution in [3.63, 3.8) is 0 Å². The van der Waals surface area contributed by atoms with Gasteiger partial charge < -0.3 is 14.0 Å². The molecule has 0 radical (unpaired) electrons. The molecule has 3 nitrogen and oxygen atoms in total. The average Bonchev–Trinajstić information content (AvgIpc) is 3.04. The van der Waals surface area contributed by atoms with E-state index < -0.39 is 5.82 Å². The summed E-state index contributed by atoms with van der Waals surface area (Å²) < 4.78 is 26.4. The van der Waals surface area contributed by atoms with Crippen molar-refractivity contribution >= 4 is 11.6 Å². The van der Waals surface area contributed by atoms with E-state index in [9.17, 15) is 4.39 Å². The van der Waals surface area contributed by atoms with E-state index in [4.69, 9.17) is 21.1 Å². The summed E-state index contributed by atoms with van der Waals surface area (Å²) in [4.78, 5) is 0. The molecule has 1 aromatic heterocycles. The van der Waals surface area contributed by atoms with Crippen LogP contribution in [0.4, 0.5) is 4.39 Å². The highest BCUT2D eigenvalue weighted by Crippen LogP contribution is 2.41. The number of hydrogen-bond acceptors (Lipinski definition) is 2. The van der Waals surface area contributed by atoms with Crippen LogP contribution in [-0.4, -0.2) is 23.9 Å². The third-order valence-corrected chi connectivity index (χ3v) is 5.43. The molecule has 0 amide bonds. The van der Waals surface area contributed by atoms with Crippen LogP contribution in [0.1, 0.15) is 38.3 Å². The zero-order valence-corrected chi connectivity index (χ0v) is 14.9. The summed E-state index contributed by atoms with van der Waals surface area (Å²) in [5.41, 5.74) is 1.92. The zero-order valence-electron chi connectivity index (χ0n) is 14.2. The van der Waals surface area contributed by atoms with E-state index in [1.165, 1.54) is 25.3 Å². The molecule has 0 N–H and O–H groups in total. The van der Waals surface area contributed by atoms with Crippen molar-refractivity contribution in [3.8, 4) is 11.3 Å². The van der Waals surface area contributed by atoms with Gasteiger partial charge in [-0.15, -0.1) is 0 Å². The van der Waals surface area contributed by atoms with Gasteiger partial charge in [-0.25, -0.2) is 4.39 Å². The lowest BCUT2D eigenvalue weighted by Crippen LogP contribution is -2.18. The molecule has 3 aliphatic rings. The van der Waals surface area contributed by atoms with Crippen molar-refractivity contribution in [2.24, 2.45) is 5.92 Å². The van der Waals surface area contributed by atoms with Gasteiger partial charge in [-0.3, -0.25) is 0 Å². The minimum absolute atomic E-state index is 0.0718. The molecule has 3 heterocycles. The van der Waals surface area contributed by atoms with Crippen LogP contribution >= 0.6 is 11.6 Å². The largest absolute Gasteiger partial charge is 0.378 e. The molecule has 1 aromatic carbocycles. The summed E-state index contributed by atoms with van der Waals surface area (Å²) in [6.07, 6.45) is 8.79. The van der Waals surface area contributed by atoms with Crippen molar-refractivity contribution in [1.82, 2.24) is 4.57 Å². The first kappa shape index (κ1) is 17.1. The van der Waals surface area contributed by atoms with Crippen LogP contribution in [0, 0.1) is 11.7 Å². The summed E-state index contributed by atoms with van der Waals surface area (Å²) in [5, 5.41) is 0.148. The van der Waals surface area contributed by atoms with Crippen LogP contribution in [-0.2, 0) is 9.47 Å². The van der Waals surface area contributed by atoms with Gasteiger partial charge in [0.2, 0.25) is 0 Å². The number of hydrogen-bond donors (Lipinski definition) is 0. The van der Waals surface area contributed by atoms with E-state index >= 15 is 0 Å². The van der Waals surface area contributed by atoms with E-state index in [2.05, 4.69) is 4.57 Å². The third kappa shape index (κ3) is 3.91. The molecule has 2 saturated heterocycles. The van der Waals surface area contributed by atoms with E-state index in [0.29, 0.717) is 6.10 Å². The van der Waals surface area contributed by atoms with E-state index in [-0.39, 0.29) is 11.3 Å². The summed E-state index contributed by atoms with van der Waals surface area (Å²) in [7, 11) is 0. The van der Waals surface area contributed by atoms with Crippen LogP contribution in [0.25, 0.3) is 11.3 Å². The Morgan fingerprint density at radius 3 is 2.60 bits per heavy atom. The van der Waals surface area contributed by atoms with Crippen molar-refractivity contribution < 1.29 is 13.9 Å². The molecule has 5 rings (SSSR count). The standard InChI is InChI=1S/C15H15ClFNO.C5H8O/c16-12-10-11(6-7-13(12)17)14-4-3-8-18(14)15-5-1-2-9-19-15;1-2-6-5-3-4(1)5/h3-4,6-8,10,15H,1-2,5,9H2;4-5H,1-3H2. The number of rotatable bonds is 2. The monoisotopic (exact) mass is 363 g/mol. The van der Waals surface area contributed by atoms with Crippen molar-refractivity contribution in [2.45, 2.75) is 44.4 Å². The number of benzene rings is 1. The van der Waals surface area contributed by atoms with Crippen LogP contribution in [0.3, 0.4) is 0 Å². The van der Waals surface area contributed by atoms with Crippen molar-refractivity contribution in [3.05, 3.63) is 47.4 Å². The Bertz CT molecular complexity index is 718. The predicted molar refractivity (Wildman–Crippen MR) is 96.1 cm³/mol. The van der Waals surface area contributed by atoms with Gasteiger partial charge in [-0.1, -0.05) is 11.6 Å². The number of nitrogens with zero attached hydrogens (tertiary/aromatic N) is 1. The highest BCUT2D eigenvalue weighted by atomic mass is 35.5. The first-order chi connectivity index (χ1) is 12.2. The molecule has 2 aromatic rings. The molecular formula is C20H23ClFNO2. The number of halogens is 2. The molecular weight excluding hydrogens is 341 g/mol. The second-order valence-electron chi connectivity index (χ2n) is 6.94. The fourth-order valence-corrected chi connectivity index (χ4v) is 3.77. The maximum atomic E-state index is 13.2. The Balaban J connectivity index is 0.000000217. The topological polar surface area (TPSA) is 23.4 Å². The molecule has 3 fully saturated rings. The van der Waals surface area contributed by atoms with Gasteiger partial charge in [-0.2, -0.15) is 0 Å². The first-order valence-electron chi connectivity index (χ1n) is 9.08. The lowest BCUT2D eigenvalue weighted by molar-refractivity contribution is -0.0307. The SMILES string of the molecule is C1CC2CC2O1.Fc1ccc(-c2cccn2C2CCCCO2)cc1Cl. The third-order valence-electron chi connectivity index (χ3n) is 5.14. The van der Waals surface area contributed by atoms with Gasteiger partial charge in [-0.05, 0) is 73.9 Å². The molecule has 3 unspecified atom stereocenters. The molecule has 25 heavy (non-hydrogen) atoms. The Morgan fingerprint density at radius 1 is 1.08 bits per heavy atom. The summed E-state index contributed by atoms with van der Waals surface area (Å²) in [5.74, 6) is 0.599. The molecule has 1 saturated carbocycles. The Hall–Kier alpha value is -1.36. The summed E-state index contributed by atoms with van der Waals surface area (Å²) in [6.45, 7) is 1.84. The van der Waals surface area contributed by atoms with Gasteiger partial charge in [0.25, 0.3) is 0 Å². The van der Waals surface area contributed by atoms with E-state index in [1.54, 1.807) is 12.1 Å². The molecule has 3 atom stereocenters. The highest BCUT2D eigenvalue weighted by Gasteiger charge is 2.42. The maximum absolute atomic E-state index is 13.2. The van der Waals surface area contributed by atoms with Crippen LogP contribution < -0.4 is 0 Å². The Labute approximate surface area is 152 Å². The zero-order chi connectivity index (χ0) is 17.2. The van der Waals surface area contributed by atoms with Crippen molar-refractivity contribution in [1.29, 1.82) is 0 Å². The van der Waals surface area contributed by atoms with E-state index in [1.807, 2.05) is 18.3 Å². The Kier molecular flexibility index (Phi) is 5.11. The molecule has 0 bridgehead atoms. The van der Waals surface area contributed by atoms with E-state index in [0.717, 1.165) is 43.2 Å². The smallest absolute Gasteiger partial charge is 0.141 e. The second-order valence-corrected chi connectivity index (χ2v) is 7.35. The van der Waals surface area contributed by atoms with Gasteiger partial charge in [0.15, 0.2) is 0 Å². The number of fused-ring (bicyclic) bond motifs is 1. The quantitative estimate of drug-likeness (QED) is 0.709. The molecule has 1 aliphatic carbocycles. The fourth-order valence-electron chi connectivity index (χ4n) is 3.59. The molecule has 134 valence electrons. The van der Waals surface area contributed by atoms with Gasteiger partial charge in [0.1, 0.15) is 12.0 Å². The average molecular weight is 364 g/mol. The minimum atomic E-state index is -0.391. The fraction of sp³-hybridized carbons (Fsp3) is 0.500. The lowest BCUT2D eigenvalue weighted by atomic mass is 10.1. The maximum Gasteiger partial charge on any atom is 0.141 e. The molecule has 0 spiro atoms. The molecule has 2 aliphatic heterocycles. The van der Waals surface area contributed by atoms with Crippen molar-refractivity contribution in [2.75, 3.05) is 13.2 Å². The van der Waals surface area contributed by atoms with Crippen LogP contribution in [0.5, 0.6) is 0 Å². The van der Waals surface area contributed by atoms with Gasteiger partial charge in [0, 0.05) is 19.4 Å². The molecule has 5 heteroatoms. The Morgan fingerprint density at radius 2 is 2.00 bits per heavy atom. The van der Waals surface area contributed by atoms with Gasteiger partial charge in [0.05, 0.1) is 16.8 Å². The summed E-state index contributed by atoms with van der Waals surface area (Å²) >= 11 is 5.85. The normalized spacial score (nSPS) is 27.4. The number of aromatic nitrogens is 1.